The maximum absolute atomic E-state index is 9.21. The molecule has 18 heavy (non-hydrogen) atoms. The third-order valence-corrected chi connectivity index (χ3v) is 3.36. The molecule has 98 valence electrons. The van der Waals surface area contributed by atoms with E-state index in [-0.39, 0.29) is 6.61 Å². The lowest BCUT2D eigenvalue weighted by molar-refractivity contribution is 0.276. The maximum atomic E-state index is 9.21. The number of likely N-dealkylation sites (N-methyl/N-ethyl adjacent to an activating group) is 1. The molecule has 4 nitrogen and oxygen atoms in total. The molecule has 0 aliphatic carbocycles. The highest BCUT2D eigenvalue weighted by Crippen LogP contribution is 2.21. The van der Waals surface area contributed by atoms with E-state index in [1.807, 2.05) is 7.05 Å². The van der Waals surface area contributed by atoms with Crippen LogP contribution < -0.4 is 5.32 Å². The van der Waals surface area contributed by atoms with E-state index in [4.69, 9.17) is 0 Å². The minimum absolute atomic E-state index is 0.144. The van der Waals surface area contributed by atoms with Crippen molar-refractivity contribution in [1.82, 2.24) is 14.9 Å². The summed E-state index contributed by atoms with van der Waals surface area (Å²) in [4.78, 5) is 4.68. The summed E-state index contributed by atoms with van der Waals surface area (Å²) in [6, 6.07) is 4.29. The summed E-state index contributed by atoms with van der Waals surface area (Å²) in [6.07, 6.45) is 0.878. The van der Waals surface area contributed by atoms with Gasteiger partial charge >= 0.3 is 0 Å². The highest BCUT2D eigenvalue weighted by atomic mass is 16.3. The largest absolute Gasteiger partial charge is 0.395 e. The number of aryl methyl sites for hydroxylation is 2. The molecule has 1 aromatic heterocycles. The summed E-state index contributed by atoms with van der Waals surface area (Å²) in [5, 5.41) is 12.3. The lowest BCUT2D eigenvalue weighted by Gasteiger charge is -2.08. The summed E-state index contributed by atoms with van der Waals surface area (Å²) in [5.74, 6) is 1.04. The summed E-state index contributed by atoms with van der Waals surface area (Å²) in [7, 11) is 1.94. The Morgan fingerprint density at radius 2 is 2.00 bits per heavy atom. The van der Waals surface area contributed by atoms with Crippen LogP contribution in [0.5, 0.6) is 0 Å². The summed E-state index contributed by atoms with van der Waals surface area (Å²) in [6.45, 7) is 5.86. The van der Waals surface area contributed by atoms with Crippen LogP contribution in [-0.4, -0.2) is 34.9 Å². The van der Waals surface area contributed by atoms with E-state index in [1.54, 1.807) is 0 Å². The molecule has 1 heterocycles. The Hall–Kier alpha value is -1.39. The molecule has 1 aromatic carbocycles. The molecule has 2 rings (SSSR count). The van der Waals surface area contributed by atoms with Gasteiger partial charge in [-0.2, -0.15) is 0 Å². The molecule has 0 aliphatic rings. The van der Waals surface area contributed by atoms with Gasteiger partial charge in [-0.25, -0.2) is 4.98 Å². The van der Waals surface area contributed by atoms with E-state index in [1.165, 1.54) is 11.1 Å². The highest BCUT2D eigenvalue weighted by Gasteiger charge is 2.11. The van der Waals surface area contributed by atoms with Crippen LogP contribution in [-0.2, 0) is 13.0 Å². The molecule has 0 fully saturated rings. The summed E-state index contributed by atoms with van der Waals surface area (Å²) >= 11 is 0. The number of nitrogens with one attached hydrogen (secondary N) is 1. The van der Waals surface area contributed by atoms with Crippen molar-refractivity contribution in [2.45, 2.75) is 26.8 Å². The number of fused-ring (bicyclic) bond motifs is 1. The van der Waals surface area contributed by atoms with Crippen LogP contribution >= 0.6 is 0 Å². The number of hydrogen-bond donors (Lipinski definition) is 2. The molecule has 0 saturated heterocycles. The fraction of sp³-hybridized carbons (Fsp3) is 0.500. The van der Waals surface area contributed by atoms with Crippen LogP contribution in [0.1, 0.15) is 17.0 Å². The fourth-order valence-electron chi connectivity index (χ4n) is 2.21. The molecule has 0 amide bonds. The van der Waals surface area contributed by atoms with E-state index in [9.17, 15) is 5.11 Å². The van der Waals surface area contributed by atoms with E-state index >= 15 is 0 Å². The van der Waals surface area contributed by atoms with Gasteiger partial charge in [-0.05, 0) is 44.2 Å². The molecule has 0 unspecified atom stereocenters. The molecule has 0 atom stereocenters. The van der Waals surface area contributed by atoms with Gasteiger partial charge in [0.25, 0.3) is 0 Å². The number of benzene rings is 1. The quantitative estimate of drug-likeness (QED) is 0.840. The van der Waals surface area contributed by atoms with Crippen LogP contribution in [0.25, 0.3) is 11.0 Å². The predicted molar refractivity (Wildman–Crippen MR) is 73.9 cm³/mol. The van der Waals surface area contributed by atoms with Crippen molar-refractivity contribution < 1.29 is 5.11 Å². The number of rotatable bonds is 5. The van der Waals surface area contributed by atoms with Crippen molar-refractivity contribution in [2.75, 3.05) is 20.2 Å². The number of nitrogens with zero attached hydrogens (tertiary/aromatic N) is 2. The molecule has 0 saturated carbocycles. The van der Waals surface area contributed by atoms with Crippen molar-refractivity contribution in [1.29, 1.82) is 0 Å². The second-order valence-electron chi connectivity index (χ2n) is 4.68. The summed E-state index contributed by atoms with van der Waals surface area (Å²) < 4.78 is 2.12. The molecular formula is C14H21N3O. The van der Waals surface area contributed by atoms with E-state index in [0.717, 1.165) is 29.8 Å². The van der Waals surface area contributed by atoms with Crippen LogP contribution in [0.15, 0.2) is 12.1 Å². The van der Waals surface area contributed by atoms with Gasteiger partial charge in [-0.1, -0.05) is 0 Å². The maximum Gasteiger partial charge on any atom is 0.111 e. The molecule has 2 N–H and O–H groups in total. The average Bonchev–Trinajstić information content (AvgIpc) is 2.66. The van der Waals surface area contributed by atoms with Gasteiger partial charge in [0, 0.05) is 19.5 Å². The minimum Gasteiger partial charge on any atom is -0.395 e. The van der Waals surface area contributed by atoms with Gasteiger partial charge in [-0.15, -0.1) is 0 Å². The Morgan fingerprint density at radius 3 is 2.67 bits per heavy atom. The standard InChI is InChI=1S/C14H21N3O/c1-10-8-12-13(9-11(10)2)17(6-7-18)14(16-12)4-5-15-3/h8-9,15,18H,4-7H2,1-3H3. The minimum atomic E-state index is 0.144. The lowest BCUT2D eigenvalue weighted by Crippen LogP contribution is -2.15. The first-order chi connectivity index (χ1) is 8.67. The van der Waals surface area contributed by atoms with Crippen LogP contribution in [0, 0.1) is 13.8 Å². The zero-order valence-electron chi connectivity index (χ0n) is 11.3. The Balaban J connectivity index is 2.52. The third kappa shape index (κ3) is 2.40. The van der Waals surface area contributed by atoms with Crippen molar-refractivity contribution in [3.05, 3.63) is 29.1 Å². The molecule has 0 spiro atoms. The van der Waals surface area contributed by atoms with Crippen molar-refractivity contribution in [3.63, 3.8) is 0 Å². The third-order valence-electron chi connectivity index (χ3n) is 3.36. The Bertz CT molecular complexity index is 545. The van der Waals surface area contributed by atoms with E-state index in [0.29, 0.717) is 6.54 Å². The van der Waals surface area contributed by atoms with Crippen molar-refractivity contribution >= 4 is 11.0 Å². The Kier molecular flexibility index (Phi) is 3.99. The van der Waals surface area contributed by atoms with Gasteiger partial charge in [0.05, 0.1) is 17.6 Å². The molecule has 2 aromatic rings. The number of aromatic nitrogens is 2. The number of aliphatic hydroxyl groups is 1. The highest BCUT2D eigenvalue weighted by molar-refractivity contribution is 5.78. The van der Waals surface area contributed by atoms with Crippen LogP contribution in [0.3, 0.4) is 0 Å². The number of imidazole rings is 1. The summed E-state index contributed by atoms with van der Waals surface area (Å²) in [5.41, 5.74) is 4.67. The van der Waals surface area contributed by atoms with Crippen molar-refractivity contribution in [2.24, 2.45) is 0 Å². The fourth-order valence-corrected chi connectivity index (χ4v) is 2.21. The van der Waals surface area contributed by atoms with Crippen molar-refractivity contribution in [3.8, 4) is 0 Å². The Labute approximate surface area is 108 Å². The topological polar surface area (TPSA) is 50.1 Å². The zero-order chi connectivity index (χ0) is 13.1. The smallest absolute Gasteiger partial charge is 0.111 e. The van der Waals surface area contributed by atoms with E-state index in [2.05, 4.69) is 40.8 Å². The molecule has 4 heteroatoms. The molecular weight excluding hydrogens is 226 g/mol. The molecule has 0 radical (unpaired) electrons. The van der Waals surface area contributed by atoms with Crippen LogP contribution in [0.2, 0.25) is 0 Å². The van der Waals surface area contributed by atoms with Gasteiger partial charge in [0.1, 0.15) is 5.82 Å². The first-order valence-electron chi connectivity index (χ1n) is 6.39. The van der Waals surface area contributed by atoms with Crippen LogP contribution in [0.4, 0.5) is 0 Å². The normalized spacial score (nSPS) is 11.3. The number of hydrogen-bond acceptors (Lipinski definition) is 3. The van der Waals surface area contributed by atoms with Gasteiger partial charge in [0.2, 0.25) is 0 Å². The molecule has 0 aliphatic heterocycles. The second-order valence-corrected chi connectivity index (χ2v) is 4.68. The first kappa shape index (κ1) is 13.1. The molecule has 0 bridgehead atoms. The first-order valence-corrected chi connectivity index (χ1v) is 6.39. The van der Waals surface area contributed by atoms with E-state index < -0.39 is 0 Å². The lowest BCUT2D eigenvalue weighted by atomic mass is 10.1. The Morgan fingerprint density at radius 1 is 1.28 bits per heavy atom. The van der Waals surface area contributed by atoms with Gasteiger partial charge in [0.15, 0.2) is 0 Å². The number of aliphatic hydroxyl groups excluding tert-OH is 1. The van der Waals surface area contributed by atoms with Gasteiger partial charge in [-0.3, -0.25) is 0 Å². The zero-order valence-corrected chi connectivity index (χ0v) is 11.3. The monoisotopic (exact) mass is 247 g/mol. The second kappa shape index (κ2) is 5.50. The predicted octanol–water partition coefficient (Wildman–Crippen LogP) is 1.41. The average molecular weight is 247 g/mol. The SMILES string of the molecule is CNCCc1nc2cc(C)c(C)cc2n1CCO. The van der Waals surface area contributed by atoms with Gasteiger partial charge < -0.3 is 15.0 Å².